The van der Waals surface area contributed by atoms with Crippen LogP contribution in [0.25, 0.3) is 22.4 Å². The zero-order valence-electron chi connectivity index (χ0n) is 21.4. The van der Waals surface area contributed by atoms with Crippen molar-refractivity contribution in [1.82, 2.24) is 15.1 Å². The average molecular weight is 493 g/mol. The van der Waals surface area contributed by atoms with Gasteiger partial charge in [0.2, 0.25) is 0 Å². The predicted octanol–water partition coefficient (Wildman–Crippen LogP) is 6.57. The molecule has 1 aliphatic rings. The first-order chi connectivity index (χ1) is 18.1. The SMILES string of the molecule is COC(=O)c1c(Nc2ccc(CN3CCC(C)CC3)cc2)nnc(-c2ccccc2)c1-c1ccccc1. The average Bonchev–Trinajstić information content (AvgIpc) is 2.95. The molecule has 3 aromatic carbocycles. The van der Waals surface area contributed by atoms with Crippen LogP contribution in [0.3, 0.4) is 0 Å². The highest BCUT2D eigenvalue weighted by atomic mass is 16.5. The molecule has 5 rings (SSSR count). The monoisotopic (exact) mass is 492 g/mol. The van der Waals surface area contributed by atoms with E-state index in [1.54, 1.807) is 0 Å². The van der Waals surface area contributed by atoms with Crippen molar-refractivity contribution in [3.8, 4) is 22.4 Å². The number of esters is 1. The Hall–Kier alpha value is -4.03. The number of likely N-dealkylation sites (tertiary alicyclic amines) is 1. The van der Waals surface area contributed by atoms with Crippen molar-refractivity contribution in [3.05, 3.63) is 96.1 Å². The molecule has 0 aliphatic carbocycles. The van der Waals surface area contributed by atoms with Gasteiger partial charge in [0.05, 0.1) is 7.11 Å². The van der Waals surface area contributed by atoms with Crippen LogP contribution in [0.4, 0.5) is 11.5 Å². The number of hydrogen-bond acceptors (Lipinski definition) is 6. The van der Waals surface area contributed by atoms with Crippen LogP contribution in [0.5, 0.6) is 0 Å². The molecule has 0 atom stereocenters. The van der Waals surface area contributed by atoms with E-state index in [1.807, 2.05) is 72.8 Å². The Morgan fingerprint density at radius 3 is 2.14 bits per heavy atom. The predicted molar refractivity (Wildman–Crippen MR) is 148 cm³/mol. The van der Waals surface area contributed by atoms with Crippen LogP contribution in [0, 0.1) is 5.92 Å². The van der Waals surface area contributed by atoms with E-state index in [2.05, 4.69) is 39.5 Å². The summed E-state index contributed by atoms with van der Waals surface area (Å²) in [5.74, 6) is 0.717. The summed E-state index contributed by atoms with van der Waals surface area (Å²) in [5.41, 5.74) is 5.52. The van der Waals surface area contributed by atoms with E-state index in [4.69, 9.17) is 4.74 Å². The fraction of sp³-hybridized carbons (Fsp3) is 0.258. The second-order valence-corrected chi connectivity index (χ2v) is 9.65. The highest BCUT2D eigenvalue weighted by molar-refractivity contribution is 6.05. The van der Waals surface area contributed by atoms with E-state index in [0.29, 0.717) is 22.6 Å². The van der Waals surface area contributed by atoms with Gasteiger partial charge in [0, 0.05) is 23.4 Å². The second kappa shape index (κ2) is 11.4. The van der Waals surface area contributed by atoms with Crippen molar-refractivity contribution in [2.45, 2.75) is 26.3 Å². The van der Waals surface area contributed by atoms with Gasteiger partial charge in [-0.1, -0.05) is 79.7 Å². The summed E-state index contributed by atoms with van der Waals surface area (Å²) in [6.07, 6.45) is 2.52. The third kappa shape index (κ3) is 5.70. The third-order valence-electron chi connectivity index (χ3n) is 6.97. The van der Waals surface area contributed by atoms with Crippen molar-refractivity contribution < 1.29 is 9.53 Å². The van der Waals surface area contributed by atoms with Gasteiger partial charge < -0.3 is 10.1 Å². The van der Waals surface area contributed by atoms with Crippen LogP contribution in [-0.4, -0.2) is 41.3 Å². The lowest BCUT2D eigenvalue weighted by Crippen LogP contribution is -2.32. The van der Waals surface area contributed by atoms with Gasteiger partial charge in [-0.3, -0.25) is 4.90 Å². The Morgan fingerprint density at radius 2 is 1.51 bits per heavy atom. The van der Waals surface area contributed by atoms with Gasteiger partial charge in [0.1, 0.15) is 11.3 Å². The maximum atomic E-state index is 13.2. The van der Waals surface area contributed by atoms with Crippen LogP contribution >= 0.6 is 0 Å². The molecule has 2 heterocycles. The Balaban J connectivity index is 1.49. The smallest absolute Gasteiger partial charge is 0.342 e. The molecule has 0 unspecified atom stereocenters. The number of carbonyl (C=O) groups excluding carboxylic acids is 1. The summed E-state index contributed by atoms with van der Waals surface area (Å²) in [7, 11) is 1.39. The van der Waals surface area contributed by atoms with Crippen LogP contribution < -0.4 is 5.32 Å². The lowest BCUT2D eigenvalue weighted by Gasteiger charge is -2.30. The molecule has 1 aromatic heterocycles. The van der Waals surface area contributed by atoms with Crippen LogP contribution in [-0.2, 0) is 11.3 Å². The Labute approximate surface area is 218 Å². The molecule has 4 aromatic rings. The van der Waals surface area contributed by atoms with Gasteiger partial charge in [0.25, 0.3) is 0 Å². The Bertz CT molecular complexity index is 1330. The van der Waals surface area contributed by atoms with Crippen molar-refractivity contribution in [1.29, 1.82) is 0 Å². The number of methoxy groups -OCH3 is 1. The zero-order chi connectivity index (χ0) is 25.6. The molecular formula is C31H32N4O2. The number of aromatic nitrogens is 2. The van der Waals surface area contributed by atoms with Gasteiger partial charge in [-0.05, 0) is 55.1 Å². The van der Waals surface area contributed by atoms with E-state index in [-0.39, 0.29) is 0 Å². The number of rotatable bonds is 7. The van der Waals surface area contributed by atoms with E-state index >= 15 is 0 Å². The lowest BCUT2D eigenvalue weighted by atomic mass is 9.95. The zero-order valence-corrected chi connectivity index (χ0v) is 21.4. The highest BCUT2D eigenvalue weighted by Gasteiger charge is 2.25. The van der Waals surface area contributed by atoms with Gasteiger partial charge in [-0.25, -0.2) is 4.79 Å². The molecule has 0 amide bonds. The molecule has 188 valence electrons. The summed E-state index contributed by atoms with van der Waals surface area (Å²) in [6.45, 7) is 5.58. The molecule has 0 spiro atoms. The minimum Gasteiger partial charge on any atom is -0.465 e. The first kappa shape index (κ1) is 24.7. The number of anilines is 2. The van der Waals surface area contributed by atoms with Crippen molar-refractivity contribution in [2.24, 2.45) is 5.92 Å². The van der Waals surface area contributed by atoms with E-state index in [9.17, 15) is 4.79 Å². The lowest BCUT2D eigenvalue weighted by molar-refractivity contribution is 0.0602. The minimum atomic E-state index is -0.468. The van der Waals surface area contributed by atoms with Crippen molar-refractivity contribution in [2.75, 3.05) is 25.5 Å². The molecular weight excluding hydrogens is 460 g/mol. The second-order valence-electron chi connectivity index (χ2n) is 9.65. The molecule has 0 saturated carbocycles. The number of nitrogens with zero attached hydrogens (tertiary/aromatic N) is 3. The summed E-state index contributed by atoms with van der Waals surface area (Å²) >= 11 is 0. The fourth-order valence-corrected chi connectivity index (χ4v) is 4.82. The number of nitrogens with one attached hydrogen (secondary N) is 1. The maximum Gasteiger partial charge on any atom is 0.342 e. The Kier molecular flexibility index (Phi) is 7.57. The first-order valence-corrected chi connectivity index (χ1v) is 12.8. The number of carbonyl (C=O) groups is 1. The largest absolute Gasteiger partial charge is 0.465 e. The quantitative estimate of drug-likeness (QED) is 0.294. The number of hydrogen-bond donors (Lipinski definition) is 1. The van der Waals surface area contributed by atoms with E-state index in [1.165, 1.54) is 25.5 Å². The summed E-state index contributed by atoms with van der Waals surface area (Å²) in [4.78, 5) is 15.7. The van der Waals surface area contributed by atoms with Gasteiger partial charge in [0.15, 0.2) is 5.82 Å². The summed E-state index contributed by atoms with van der Waals surface area (Å²) in [6, 6.07) is 27.9. The third-order valence-corrected chi connectivity index (χ3v) is 6.97. The normalized spacial score (nSPS) is 14.3. The summed E-state index contributed by atoms with van der Waals surface area (Å²) in [5, 5.41) is 12.4. The van der Waals surface area contributed by atoms with Gasteiger partial charge >= 0.3 is 5.97 Å². The molecule has 6 heteroatoms. The molecule has 1 saturated heterocycles. The number of piperidine rings is 1. The maximum absolute atomic E-state index is 13.2. The van der Waals surface area contributed by atoms with E-state index in [0.717, 1.165) is 42.4 Å². The summed E-state index contributed by atoms with van der Waals surface area (Å²) < 4.78 is 5.23. The van der Waals surface area contributed by atoms with Gasteiger partial charge in [-0.15, -0.1) is 10.2 Å². The van der Waals surface area contributed by atoms with Crippen molar-refractivity contribution in [3.63, 3.8) is 0 Å². The van der Waals surface area contributed by atoms with Crippen molar-refractivity contribution >= 4 is 17.5 Å². The first-order valence-electron chi connectivity index (χ1n) is 12.8. The molecule has 1 N–H and O–H groups in total. The molecule has 1 fully saturated rings. The van der Waals surface area contributed by atoms with Crippen LogP contribution in [0.15, 0.2) is 84.9 Å². The van der Waals surface area contributed by atoms with Gasteiger partial charge in [-0.2, -0.15) is 0 Å². The fourth-order valence-electron chi connectivity index (χ4n) is 4.82. The molecule has 0 bridgehead atoms. The molecule has 0 radical (unpaired) electrons. The number of benzene rings is 3. The molecule has 37 heavy (non-hydrogen) atoms. The minimum absolute atomic E-state index is 0.356. The Morgan fingerprint density at radius 1 is 0.892 bits per heavy atom. The highest BCUT2D eigenvalue weighted by Crippen LogP contribution is 2.37. The van der Waals surface area contributed by atoms with E-state index < -0.39 is 5.97 Å². The van der Waals surface area contributed by atoms with Crippen LogP contribution in [0.1, 0.15) is 35.7 Å². The molecule has 6 nitrogen and oxygen atoms in total. The standard InChI is InChI=1S/C31H32N4O2/c1-22-17-19-35(20-18-22)21-23-13-15-26(16-14-23)32-30-28(31(36)37-2)27(24-9-5-3-6-10-24)29(33-34-30)25-11-7-4-8-12-25/h3-16,22H,17-21H2,1-2H3,(H,32,34). The van der Waals surface area contributed by atoms with Crippen LogP contribution in [0.2, 0.25) is 0 Å². The number of ether oxygens (including phenoxy) is 1. The topological polar surface area (TPSA) is 67.3 Å². The molecule has 1 aliphatic heterocycles.